The summed E-state index contributed by atoms with van der Waals surface area (Å²) in [6, 6.07) is 4.86. The maximum Gasteiger partial charge on any atom is 0.258 e. The highest BCUT2D eigenvalue weighted by Crippen LogP contribution is 2.33. The third-order valence-electron chi connectivity index (χ3n) is 5.38. The molecule has 4 rings (SSSR count). The van der Waals surface area contributed by atoms with Gasteiger partial charge in [-0.1, -0.05) is 24.4 Å². The van der Waals surface area contributed by atoms with Gasteiger partial charge in [0.1, 0.15) is 0 Å². The second-order valence-electron chi connectivity index (χ2n) is 7.05. The average Bonchev–Trinajstić information content (AvgIpc) is 3.29. The number of carbonyl (C=O) groups is 1. The van der Waals surface area contributed by atoms with E-state index in [0.717, 1.165) is 12.8 Å². The second-order valence-corrected chi connectivity index (χ2v) is 7.05. The molecular formula is C19H22FN3O3. The van der Waals surface area contributed by atoms with Crippen molar-refractivity contribution in [3.05, 3.63) is 29.8 Å². The number of halogens is 1. The van der Waals surface area contributed by atoms with E-state index in [0.29, 0.717) is 30.4 Å². The number of hydrogen-bond donors (Lipinski definition) is 0. The zero-order valence-electron chi connectivity index (χ0n) is 14.8. The molecule has 0 radical (unpaired) electrons. The zero-order valence-corrected chi connectivity index (χ0v) is 14.8. The minimum atomic E-state index is -0.482. The molecule has 2 heterocycles. The van der Waals surface area contributed by atoms with Crippen molar-refractivity contribution in [1.29, 1.82) is 0 Å². The Morgan fingerprint density at radius 1 is 1.27 bits per heavy atom. The van der Waals surface area contributed by atoms with Crippen LogP contribution in [-0.4, -0.2) is 40.6 Å². The van der Waals surface area contributed by atoms with Crippen LogP contribution in [0.1, 0.15) is 50.3 Å². The van der Waals surface area contributed by atoms with E-state index < -0.39 is 5.82 Å². The molecule has 2 aliphatic rings. The van der Waals surface area contributed by atoms with Crippen LogP contribution in [0.15, 0.2) is 22.7 Å². The van der Waals surface area contributed by atoms with Crippen molar-refractivity contribution in [2.75, 3.05) is 13.7 Å². The van der Waals surface area contributed by atoms with Crippen LogP contribution < -0.4 is 4.74 Å². The molecule has 138 valence electrons. The summed E-state index contributed by atoms with van der Waals surface area (Å²) in [7, 11) is 1.41. The van der Waals surface area contributed by atoms with Gasteiger partial charge >= 0.3 is 0 Å². The van der Waals surface area contributed by atoms with Gasteiger partial charge in [-0.25, -0.2) is 4.39 Å². The number of methoxy groups -OCH3 is 1. The molecular weight excluding hydrogens is 337 g/mol. The molecule has 2 aromatic rings. The van der Waals surface area contributed by atoms with Crippen LogP contribution in [-0.2, 0) is 4.79 Å². The summed E-state index contributed by atoms with van der Waals surface area (Å²) < 4.78 is 24.1. The number of ether oxygens (including phenoxy) is 1. The fraction of sp³-hybridized carbons (Fsp3) is 0.526. The van der Waals surface area contributed by atoms with Crippen molar-refractivity contribution in [3.63, 3.8) is 0 Å². The highest BCUT2D eigenvalue weighted by Gasteiger charge is 2.37. The number of nitrogens with zero attached hydrogens (tertiary/aromatic N) is 3. The first-order valence-corrected chi connectivity index (χ1v) is 9.12. The Bertz CT molecular complexity index is 801. The number of amides is 1. The van der Waals surface area contributed by atoms with Gasteiger partial charge in [-0.3, -0.25) is 4.79 Å². The van der Waals surface area contributed by atoms with Crippen LogP contribution >= 0.6 is 0 Å². The highest BCUT2D eigenvalue weighted by atomic mass is 19.1. The highest BCUT2D eigenvalue weighted by molar-refractivity contribution is 5.80. The lowest BCUT2D eigenvalue weighted by atomic mass is 9.94. The van der Waals surface area contributed by atoms with Crippen molar-refractivity contribution in [2.45, 2.75) is 50.5 Å². The number of carbonyl (C=O) groups excluding carboxylic acids is 1. The molecule has 1 saturated heterocycles. The Balaban J connectivity index is 1.49. The lowest BCUT2D eigenvalue weighted by Crippen LogP contribution is -2.37. The predicted octanol–water partition coefficient (Wildman–Crippen LogP) is 3.53. The lowest BCUT2D eigenvalue weighted by molar-refractivity contribution is -0.130. The van der Waals surface area contributed by atoms with Crippen molar-refractivity contribution in [3.8, 4) is 17.2 Å². The molecule has 1 aliphatic heterocycles. The smallest absolute Gasteiger partial charge is 0.258 e. The van der Waals surface area contributed by atoms with Crippen LogP contribution in [0, 0.1) is 5.82 Å². The maximum absolute atomic E-state index is 13.9. The summed E-state index contributed by atoms with van der Waals surface area (Å²) >= 11 is 0. The molecule has 1 aromatic heterocycles. The fourth-order valence-electron chi connectivity index (χ4n) is 3.97. The first-order valence-electron chi connectivity index (χ1n) is 9.12. The van der Waals surface area contributed by atoms with Gasteiger partial charge in [-0.15, -0.1) is 0 Å². The normalized spacial score (nSPS) is 21.4. The van der Waals surface area contributed by atoms with Gasteiger partial charge in [0, 0.05) is 30.5 Å². The van der Waals surface area contributed by atoms with Crippen LogP contribution in [0.2, 0.25) is 0 Å². The maximum atomic E-state index is 13.9. The molecule has 0 N–H and O–H groups in total. The first-order chi connectivity index (χ1) is 12.7. The van der Waals surface area contributed by atoms with E-state index in [9.17, 15) is 9.18 Å². The number of hydrogen-bond acceptors (Lipinski definition) is 5. The summed E-state index contributed by atoms with van der Waals surface area (Å²) in [5.74, 6) is 0.559. The molecule has 1 amide bonds. The molecule has 2 fully saturated rings. The molecule has 0 spiro atoms. The summed E-state index contributed by atoms with van der Waals surface area (Å²) in [6.07, 6.45) is 6.21. The monoisotopic (exact) mass is 359 g/mol. The number of aromatic nitrogens is 2. The van der Waals surface area contributed by atoms with Crippen molar-refractivity contribution < 1.29 is 18.4 Å². The SMILES string of the molecule is COc1ccc(-c2nc([C@@H]3CC(=O)N(C4CCCCC4)C3)no2)cc1F. The third kappa shape index (κ3) is 3.18. The largest absolute Gasteiger partial charge is 0.494 e. The summed E-state index contributed by atoms with van der Waals surface area (Å²) in [5.41, 5.74) is 0.496. The Kier molecular flexibility index (Phi) is 4.61. The predicted molar refractivity (Wildman–Crippen MR) is 92.2 cm³/mol. The summed E-state index contributed by atoms with van der Waals surface area (Å²) in [4.78, 5) is 18.8. The molecule has 1 atom stereocenters. The summed E-state index contributed by atoms with van der Waals surface area (Å²) in [6.45, 7) is 0.638. The van der Waals surface area contributed by atoms with E-state index in [1.807, 2.05) is 4.90 Å². The van der Waals surface area contributed by atoms with E-state index in [1.54, 1.807) is 6.07 Å². The van der Waals surface area contributed by atoms with Crippen molar-refractivity contribution >= 4 is 5.91 Å². The molecule has 1 saturated carbocycles. The minimum absolute atomic E-state index is 0.0648. The number of likely N-dealkylation sites (tertiary alicyclic amines) is 1. The first kappa shape index (κ1) is 17.0. The van der Waals surface area contributed by atoms with Crippen LogP contribution in [0.4, 0.5) is 4.39 Å². The van der Waals surface area contributed by atoms with Gasteiger partial charge in [-0.05, 0) is 31.0 Å². The zero-order chi connectivity index (χ0) is 18.1. The quantitative estimate of drug-likeness (QED) is 0.835. The number of rotatable bonds is 4. The van der Waals surface area contributed by atoms with Gasteiger partial charge in [0.15, 0.2) is 17.4 Å². The van der Waals surface area contributed by atoms with Gasteiger partial charge in [0.05, 0.1) is 7.11 Å². The van der Waals surface area contributed by atoms with Crippen molar-refractivity contribution in [2.24, 2.45) is 0 Å². The topological polar surface area (TPSA) is 68.5 Å². The third-order valence-corrected chi connectivity index (χ3v) is 5.38. The van der Waals surface area contributed by atoms with Crippen molar-refractivity contribution in [1.82, 2.24) is 15.0 Å². The van der Waals surface area contributed by atoms with E-state index in [-0.39, 0.29) is 23.5 Å². The molecule has 7 heteroatoms. The molecule has 0 unspecified atom stereocenters. The van der Waals surface area contributed by atoms with E-state index in [4.69, 9.17) is 9.26 Å². The van der Waals surface area contributed by atoms with Gasteiger partial charge in [0.2, 0.25) is 5.91 Å². The molecule has 6 nitrogen and oxygen atoms in total. The van der Waals surface area contributed by atoms with Gasteiger partial charge in [0.25, 0.3) is 5.89 Å². The molecule has 1 aromatic carbocycles. The molecule has 0 bridgehead atoms. The van der Waals surface area contributed by atoms with E-state index in [2.05, 4.69) is 10.1 Å². The molecule has 26 heavy (non-hydrogen) atoms. The Hall–Kier alpha value is -2.44. The Labute approximate surface area is 151 Å². The van der Waals surface area contributed by atoms with Crippen LogP contribution in [0.3, 0.4) is 0 Å². The van der Waals surface area contributed by atoms with Crippen LogP contribution in [0.25, 0.3) is 11.5 Å². The fourth-order valence-corrected chi connectivity index (χ4v) is 3.97. The van der Waals surface area contributed by atoms with E-state index >= 15 is 0 Å². The second kappa shape index (κ2) is 7.05. The number of benzene rings is 1. The summed E-state index contributed by atoms with van der Waals surface area (Å²) in [5, 5.41) is 4.04. The lowest BCUT2D eigenvalue weighted by Gasteiger charge is -2.31. The average molecular weight is 359 g/mol. The van der Waals surface area contributed by atoms with E-state index in [1.165, 1.54) is 38.5 Å². The molecule has 1 aliphatic carbocycles. The van der Waals surface area contributed by atoms with Gasteiger partial charge < -0.3 is 14.2 Å². The van der Waals surface area contributed by atoms with Gasteiger partial charge in [-0.2, -0.15) is 4.98 Å². The Morgan fingerprint density at radius 2 is 2.08 bits per heavy atom. The Morgan fingerprint density at radius 3 is 2.81 bits per heavy atom. The minimum Gasteiger partial charge on any atom is -0.494 e. The van der Waals surface area contributed by atoms with Crippen LogP contribution in [0.5, 0.6) is 5.75 Å². The standard InChI is InChI=1S/C19H22FN3O3/c1-25-16-8-7-12(9-15(16)20)19-21-18(22-26-19)13-10-17(24)23(11-13)14-5-3-2-4-6-14/h7-9,13-14H,2-6,10-11H2,1H3/t13-/m1/s1.